The van der Waals surface area contributed by atoms with Crippen LogP contribution in [-0.2, 0) is 15.9 Å². The summed E-state index contributed by atoms with van der Waals surface area (Å²) in [4.78, 5) is 0. The van der Waals surface area contributed by atoms with Gasteiger partial charge >= 0.3 is 0 Å². The zero-order valence-electron chi connectivity index (χ0n) is 14.0. The van der Waals surface area contributed by atoms with Gasteiger partial charge in [-0.3, -0.25) is 0 Å². The predicted octanol–water partition coefficient (Wildman–Crippen LogP) is 3.09. The van der Waals surface area contributed by atoms with Crippen molar-refractivity contribution in [3.63, 3.8) is 0 Å². The molecule has 1 atom stereocenters. The molecule has 24 heavy (non-hydrogen) atoms. The van der Waals surface area contributed by atoms with Gasteiger partial charge in [0.1, 0.15) is 18.5 Å². The fraction of sp³-hybridized carbons (Fsp3) is 0.400. The molecule has 0 saturated heterocycles. The van der Waals surface area contributed by atoms with Crippen LogP contribution in [0.1, 0.15) is 12.0 Å². The summed E-state index contributed by atoms with van der Waals surface area (Å²) in [5.74, 6) is 0.805. The van der Waals surface area contributed by atoms with Crippen molar-refractivity contribution in [2.75, 3.05) is 33.0 Å². The van der Waals surface area contributed by atoms with E-state index in [1.165, 1.54) is 5.56 Å². The number of ether oxygens (including phenoxy) is 3. The zero-order valence-corrected chi connectivity index (χ0v) is 14.0. The number of hydrogen-bond donors (Lipinski definition) is 1. The molecule has 0 bridgehead atoms. The van der Waals surface area contributed by atoms with Gasteiger partial charge in [-0.1, -0.05) is 48.5 Å². The summed E-state index contributed by atoms with van der Waals surface area (Å²) in [7, 11) is 0. The minimum Gasteiger partial charge on any atom is -0.491 e. The highest BCUT2D eigenvalue weighted by atomic mass is 16.6. The smallest absolute Gasteiger partial charge is 0.119 e. The molecule has 0 saturated carbocycles. The normalized spacial score (nSPS) is 12.0. The predicted molar refractivity (Wildman–Crippen MR) is 94.3 cm³/mol. The molecular formula is C20H26O4. The Kier molecular flexibility index (Phi) is 8.94. The molecule has 2 aromatic rings. The molecule has 4 nitrogen and oxygen atoms in total. The summed E-state index contributed by atoms with van der Waals surface area (Å²) < 4.78 is 17.0. The number of aliphatic hydroxyl groups excluding tert-OH is 1. The minimum atomic E-state index is -0.186. The van der Waals surface area contributed by atoms with Crippen molar-refractivity contribution in [3.05, 3.63) is 66.2 Å². The van der Waals surface area contributed by atoms with E-state index >= 15 is 0 Å². The Balaban J connectivity index is 1.64. The quantitative estimate of drug-likeness (QED) is 0.608. The highest BCUT2D eigenvalue weighted by Crippen LogP contribution is 2.09. The molecule has 0 spiro atoms. The highest BCUT2D eigenvalue weighted by molar-refractivity contribution is 5.20. The molecule has 1 N–H and O–H groups in total. The van der Waals surface area contributed by atoms with Crippen molar-refractivity contribution in [1.82, 2.24) is 0 Å². The number of aliphatic hydroxyl groups is 1. The Labute approximate surface area is 144 Å². The topological polar surface area (TPSA) is 47.9 Å². The van der Waals surface area contributed by atoms with Crippen LogP contribution in [0.5, 0.6) is 5.75 Å². The number of aryl methyl sites for hydroxylation is 1. The molecule has 0 fully saturated rings. The van der Waals surface area contributed by atoms with Crippen molar-refractivity contribution in [3.8, 4) is 5.75 Å². The van der Waals surface area contributed by atoms with Crippen LogP contribution in [0, 0.1) is 0 Å². The molecule has 0 aliphatic carbocycles. The second-order valence-corrected chi connectivity index (χ2v) is 5.50. The maximum absolute atomic E-state index is 8.93. The van der Waals surface area contributed by atoms with Gasteiger partial charge < -0.3 is 19.3 Å². The van der Waals surface area contributed by atoms with Crippen molar-refractivity contribution < 1.29 is 19.3 Å². The Bertz CT molecular complexity index is 530. The Morgan fingerprint density at radius 1 is 0.833 bits per heavy atom. The third-order valence-corrected chi connectivity index (χ3v) is 3.52. The largest absolute Gasteiger partial charge is 0.491 e. The van der Waals surface area contributed by atoms with Crippen molar-refractivity contribution in [2.24, 2.45) is 0 Å². The maximum Gasteiger partial charge on any atom is 0.119 e. The van der Waals surface area contributed by atoms with E-state index in [0.29, 0.717) is 19.8 Å². The highest BCUT2D eigenvalue weighted by Gasteiger charge is 2.10. The molecule has 2 rings (SSSR count). The maximum atomic E-state index is 8.93. The van der Waals surface area contributed by atoms with E-state index in [0.717, 1.165) is 18.6 Å². The SMILES string of the molecule is OCCOC(COCCCc1ccccc1)COc1ccccc1. The van der Waals surface area contributed by atoms with E-state index < -0.39 is 0 Å². The van der Waals surface area contributed by atoms with Crippen LogP contribution < -0.4 is 4.74 Å². The zero-order chi connectivity index (χ0) is 16.9. The van der Waals surface area contributed by atoms with Crippen LogP contribution in [0.3, 0.4) is 0 Å². The first-order valence-electron chi connectivity index (χ1n) is 8.40. The summed E-state index contributed by atoms with van der Waals surface area (Å²) in [5, 5.41) is 8.93. The molecule has 130 valence electrons. The number of benzene rings is 2. The summed E-state index contributed by atoms with van der Waals surface area (Å²) >= 11 is 0. The Hall–Kier alpha value is -1.88. The van der Waals surface area contributed by atoms with Crippen molar-refractivity contribution in [2.45, 2.75) is 18.9 Å². The van der Waals surface area contributed by atoms with Gasteiger partial charge in [-0.15, -0.1) is 0 Å². The number of para-hydroxylation sites is 1. The minimum absolute atomic E-state index is 0.00412. The summed E-state index contributed by atoms with van der Waals surface area (Å²) in [6.07, 6.45) is 1.79. The molecule has 0 amide bonds. The molecule has 2 aromatic carbocycles. The van der Waals surface area contributed by atoms with Gasteiger partial charge in [0, 0.05) is 6.61 Å². The monoisotopic (exact) mass is 330 g/mol. The number of rotatable bonds is 12. The molecule has 0 aliphatic heterocycles. The molecule has 0 aliphatic rings. The van der Waals surface area contributed by atoms with Crippen LogP contribution in [-0.4, -0.2) is 44.2 Å². The Morgan fingerprint density at radius 3 is 2.25 bits per heavy atom. The fourth-order valence-electron chi connectivity index (χ4n) is 2.31. The first-order chi connectivity index (χ1) is 11.9. The lowest BCUT2D eigenvalue weighted by Crippen LogP contribution is -2.28. The van der Waals surface area contributed by atoms with E-state index in [4.69, 9.17) is 19.3 Å². The molecule has 1 unspecified atom stereocenters. The van der Waals surface area contributed by atoms with E-state index in [-0.39, 0.29) is 19.3 Å². The van der Waals surface area contributed by atoms with Crippen LogP contribution in [0.25, 0.3) is 0 Å². The van der Waals surface area contributed by atoms with Gasteiger partial charge in [0.05, 0.1) is 19.8 Å². The van der Waals surface area contributed by atoms with Crippen LogP contribution >= 0.6 is 0 Å². The van der Waals surface area contributed by atoms with E-state index in [9.17, 15) is 0 Å². The van der Waals surface area contributed by atoms with Crippen LogP contribution in [0.2, 0.25) is 0 Å². The average molecular weight is 330 g/mol. The van der Waals surface area contributed by atoms with Gasteiger partial charge in [-0.25, -0.2) is 0 Å². The Morgan fingerprint density at radius 2 is 1.54 bits per heavy atom. The standard InChI is InChI=1S/C20H26O4/c21-13-15-23-20(17-24-19-11-5-2-6-12-19)16-22-14-7-10-18-8-3-1-4-9-18/h1-6,8-9,11-12,20-21H,7,10,13-17H2. The van der Waals surface area contributed by atoms with Gasteiger partial charge in [0.25, 0.3) is 0 Å². The van der Waals surface area contributed by atoms with Crippen LogP contribution in [0.4, 0.5) is 0 Å². The number of hydrogen-bond acceptors (Lipinski definition) is 4. The van der Waals surface area contributed by atoms with Gasteiger partial charge in [-0.05, 0) is 30.5 Å². The third kappa shape index (κ3) is 7.59. The average Bonchev–Trinajstić information content (AvgIpc) is 2.64. The first kappa shape index (κ1) is 18.5. The lowest BCUT2D eigenvalue weighted by molar-refractivity contribution is -0.0467. The van der Waals surface area contributed by atoms with Gasteiger partial charge in [0.15, 0.2) is 0 Å². The van der Waals surface area contributed by atoms with Gasteiger partial charge in [0.2, 0.25) is 0 Å². The van der Waals surface area contributed by atoms with Gasteiger partial charge in [-0.2, -0.15) is 0 Å². The summed E-state index contributed by atoms with van der Waals surface area (Å²) in [6.45, 7) is 1.83. The molecule has 4 heteroatoms. The second-order valence-electron chi connectivity index (χ2n) is 5.50. The molecule has 0 aromatic heterocycles. The first-order valence-corrected chi connectivity index (χ1v) is 8.40. The summed E-state index contributed by atoms with van der Waals surface area (Å²) in [6, 6.07) is 20.0. The van der Waals surface area contributed by atoms with Crippen molar-refractivity contribution >= 4 is 0 Å². The molecular weight excluding hydrogens is 304 g/mol. The van der Waals surface area contributed by atoms with E-state index in [2.05, 4.69) is 24.3 Å². The molecule has 0 radical (unpaired) electrons. The van der Waals surface area contributed by atoms with Crippen LogP contribution in [0.15, 0.2) is 60.7 Å². The third-order valence-electron chi connectivity index (χ3n) is 3.52. The van der Waals surface area contributed by atoms with E-state index in [1.807, 2.05) is 36.4 Å². The fourth-order valence-corrected chi connectivity index (χ4v) is 2.31. The summed E-state index contributed by atoms with van der Waals surface area (Å²) in [5.41, 5.74) is 1.32. The lowest BCUT2D eigenvalue weighted by Gasteiger charge is -2.18. The molecule has 0 heterocycles. The van der Waals surface area contributed by atoms with E-state index in [1.54, 1.807) is 0 Å². The lowest BCUT2D eigenvalue weighted by atomic mass is 10.1. The van der Waals surface area contributed by atoms with Crippen molar-refractivity contribution in [1.29, 1.82) is 0 Å². The second kappa shape index (κ2) is 11.6.